The number of hydrogen-bond acceptors (Lipinski definition) is 6. The van der Waals surface area contributed by atoms with Crippen molar-refractivity contribution in [2.75, 3.05) is 12.4 Å². The minimum Gasteiger partial charge on any atom is -0.464 e. The lowest BCUT2D eigenvalue weighted by molar-refractivity contribution is -0.136. The molecule has 1 aromatic heterocycles. The molecule has 2 N–H and O–H groups in total. The van der Waals surface area contributed by atoms with Gasteiger partial charge in [-0.15, -0.1) is 0 Å². The molecule has 0 atom stereocenters. The van der Waals surface area contributed by atoms with Gasteiger partial charge >= 0.3 is 5.97 Å². The van der Waals surface area contributed by atoms with E-state index < -0.39 is 11.9 Å². The Morgan fingerprint density at radius 2 is 1.71 bits per heavy atom. The van der Waals surface area contributed by atoms with E-state index in [1.807, 2.05) is 19.9 Å². The molecule has 0 aliphatic carbocycles. The van der Waals surface area contributed by atoms with Gasteiger partial charge in [-0.25, -0.2) is 14.8 Å². The highest BCUT2D eigenvalue weighted by Crippen LogP contribution is 2.06. The lowest BCUT2D eigenvalue weighted by Gasteiger charge is -2.09. The number of carbonyl (C=O) groups is 2. The molecule has 0 spiro atoms. The number of nitrogens with zero attached hydrogens (tertiary/aromatic N) is 2. The van der Waals surface area contributed by atoms with Crippen molar-refractivity contribution in [3.8, 4) is 0 Å². The zero-order valence-electron chi connectivity index (χ0n) is 13.7. The SMILES string of the molecule is COC(=O)/C(=C/Nc1nc(C)cc(C)n1)NC(=O)c1ccccc1. The molecule has 2 aromatic rings. The van der Waals surface area contributed by atoms with E-state index in [-0.39, 0.29) is 5.70 Å². The third kappa shape index (κ3) is 4.64. The Morgan fingerprint density at radius 3 is 2.29 bits per heavy atom. The maximum Gasteiger partial charge on any atom is 0.356 e. The van der Waals surface area contributed by atoms with Crippen LogP contribution in [0, 0.1) is 13.8 Å². The van der Waals surface area contributed by atoms with E-state index in [1.54, 1.807) is 30.3 Å². The molecule has 24 heavy (non-hydrogen) atoms. The van der Waals surface area contributed by atoms with Crippen molar-refractivity contribution in [1.82, 2.24) is 15.3 Å². The monoisotopic (exact) mass is 326 g/mol. The molecule has 124 valence electrons. The van der Waals surface area contributed by atoms with Gasteiger partial charge in [0.15, 0.2) is 0 Å². The molecular weight excluding hydrogens is 308 g/mol. The van der Waals surface area contributed by atoms with E-state index in [0.29, 0.717) is 11.5 Å². The van der Waals surface area contributed by atoms with Crippen LogP contribution in [0.5, 0.6) is 0 Å². The van der Waals surface area contributed by atoms with Gasteiger partial charge in [0.1, 0.15) is 5.70 Å². The number of anilines is 1. The summed E-state index contributed by atoms with van der Waals surface area (Å²) in [6.07, 6.45) is 1.31. The lowest BCUT2D eigenvalue weighted by atomic mass is 10.2. The first-order valence-electron chi connectivity index (χ1n) is 7.23. The van der Waals surface area contributed by atoms with Gasteiger partial charge in [-0.05, 0) is 32.0 Å². The predicted molar refractivity (Wildman–Crippen MR) is 89.1 cm³/mol. The summed E-state index contributed by atoms with van der Waals surface area (Å²) in [5.41, 5.74) is 1.95. The number of aromatic nitrogens is 2. The largest absolute Gasteiger partial charge is 0.464 e. The van der Waals surface area contributed by atoms with Crippen LogP contribution in [0.4, 0.5) is 5.95 Å². The predicted octanol–water partition coefficient (Wildman–Crippen LogP) is 1.95. The molecule has 0 saturated heterocycles. The van der Waals surface area contributed by atoms with E-state index in [4.69, 9.17) is 0 Å². The van der Waals surface area contributed by atoms with E-state index in [1.165, 1.54) is 13.3 Å². The van der Waals surface area contributed by atoms with Crippen LogP contribution in [0.2, 0.25) is 0 Å². The second-order valence-corrected chi connectivity index (χ2v) is 4.99. The summed E-state index contributed by atoms with van der Waals surface area (Å²) < 4.78 is 4.68. The van der Waals surface area contributed by atoms with Crippen molar-refractivity contribution in [3.05, 3.63) is 65.2 Å². The normalized spacial score (nSPS) is 10.9. The van der Waals surface area contributed by atoms with Crippen molar-refractivity contribution < 1.29 is 14.3 Å². The van der Waals surface area contributed by atoms with Gasteiger partial charge in [-0.1, -0.05) is 18.2 Å². The van der Waals surface area contributed by atoms with Crippen molar-refractivity contribution in [1.29, 1.82) is 0 Å². The average Bonchev–Trinajstić information content (AvgIpc) is 2.57. The van der Waals surface area contributed by atoms with Gasteiger partial charge in [0.2, 0.25) is 5.95 Å². The topological polar surface area (TPSA) is 93.2 Å². The van der Waals surface area contributed by atoms with Crippen LogP contribution in [0.1, 0.15) is 21.7 Å². The number of aryl methyl sites for hydroxylation is 2. The molecule has 0 aliphatic heterocycles. The Hall–Kier alpha value is -3.22. The maximum atomic E-state index is 12.2. The van der Waals surface area contributed by atoms with E-state index in [2.05, 4.69) is 25.3 Å². The zero-order chi connectivity index (χ0) is 17.5. The zero-order valence-corrected chi connectivity index (χ0v) is 13.7. The quantitative estimate of drug-likeness (QED) is 0.644. The number of esters is 1. The number of carbonyl (C=O) groups excluding carboxylic acids is 2. The third-order valence-corrected chi connectivity index (χ3v) is 3.02. The Morgan fingerprint density at radius 1 is 1.08 bits per heavy atom. The second kappa shape index (κ2) is 7.87. The van der Waals surface area contributed by atoms with Crippen LogP contribution < -0.4 is 10.6 Å². The van der Waals surface area contributed by atoms with Gasteiger partial charge in [-0.3, -0.25) is 4.79 Å². The van der Waals surface area contributed by atoms with Crippen LogP contribution in [-0.4, -0.2) is 29.0 Å². The molecule has 1 aromatic carbocycles. The molecule has 0 unspecified atom stereocenters. The number of methoxy groups -OCH3 is 1. The molecular formula is C17H18N4O3. The Balaban J connectivity index is 2.18. The van der Waals surface area contributed by atoms with Gasteiger partial charge in [0.25, 0.3) is 5.91 Å². The molecule has 0 fully saturated rings. The molecule has 0 bridgehead atoms. The van der Waals surface area contributed by atoms with Crippen molar-refractivity contribution >= 4 is 17.8 Å². The smallest absolute Gasteiger partial charge is 0.356 e. The van der Waals surface area contributed by atoms with Gasteiger partial charge in [0, 0.05) is 23.2 Å². The van der Waals surface area contributed by atoms with Crippen LogP contribution in [-0.2, 0) is 9.53 Å². The van der Waals surface area contributed by atoms with E-state index in [0.717, 1.165) is 11.4 Å². The number of ether oxygens (including phenoxy) is 1. The van der Waals surface area contributed by atoms with Crippen LogP contribution in [0.3, 0.4) is 0 Å². The fraction of sp³-hybridized carbons (Fsp3) is 0.176. The minimum absolute atomic E-state index is 0.0471. The van der Waals surface area contributed by atoms with Gasteiger partial charge < -0.3 is 15.4 Å². The number of nitrogens with one attached hydrogen (secondary N) is 2. The first-order valence-corrected chi connectivity index (χ1v) is 7.23. The second-order valence-electron chi connectivity index (χ2n) is 4.99. The number of benzene rings is 1. The van der Waals surface area contributed by atoms with E-state index >= 15 is 0 Å². The molecule has 0 radical (unpaired) electrons. The molecule has 0 saturated carbocycles. The molecule has 1 heterocycles. The minimum atomic E-state index is -0.684. The summed E-state index contributed by atoms with van der Waals surface area (Å²) in [4.78, 5) is 32.4. The average molecular weight is 326 g/mol. The lowest BCUT2D eigenvalue weighted by Crippen LogP contribution is -2.28. The summed E-state index contributed by atoms with van der Waals surface area (Å²) in [5, 5.41) is 5.31. The standard InChI is InChI=1S/C17H18N4O3/c1-11-9-12(2)20-17(19-11)18-10-14(16(23)24-3)21-15(22)13-7-5-4-6-8-13/h4-10H,1-3H3,(H,21,22)(H,18,19,20)/b14-10-. The molecule has 1 amide bonds. The third-order valence-electron chi connectivity index (χ3n) is 3.02. The summed E-state index contributed by atoms with van der Waals surface area (Å²) in [6, 6.07) is 10.4. The maximum absolute atomic E-state index is 12.2. The van der Waals surface area contributed by atoms with Crippen molar-refractivity contribution in [2.24, 2.45) is 0 Å². The van der Waals surface area contributed by atoms with Gasteiger partial charge in [-0.2, -0.15) is 0 Å². The number of amides is 1. The summed E-state index contributed by atoms with van der Waals surface area (Å²) in [7, 11) is 1.23. The summed E-state index contributed by atoms with van der Waals surface area (Å²) in [5.74, 6) is -0.783. The van der Waals surface area contributed by atoms with Crippen molar-refractivity contribution in [3.63, 3.8) is 0 Å². The van der Waals surface area contributed by atoms with Crippen molar-refractivity contribution in [2.45, 2.75) is 13.8 Å². The first-order chi connectivity index (χ1) is 11.5. The van der Waals surface area contributed by atoms with E-state index in [9.17, 15) is 9.59 Å². The van der Waals surface area contributed by atoms with Crippen LogP contribution in [0.25, 0.3) is 0 Å². The molecule has 7 nitrogen and oxygen atoms in total. The summed E-state index contributed by atoms with van der Waals surface area (Å²) >= 11 is 0. The highest BCUT2D eigenvalue weighted by molar-refractivity contribution is 6.01. The fourth-order valence-electron chi connectivity index (χ4n) is 1.97. The molecule has 0 aliphatic rings. The highest BCUT2D eigenvalue weighted by Gasteiger charge is 2.14. The van der Waals surface area contributed by atoms with Crippen LogP contribution in [0.15, 0.2) is 48.3 Å². The number of hydrogen-bond donors (Lipinski definition) is 2. The Labute approximate surface area is 139 Å². The molecule has 7 heteroatoms. The first kappa shape index (κ1) is 17.1. The fourth-order valence-corrected chi connectivity index (χ4v) is 1.97. The summed E-state index contributed by atoms with van der Waals surface area (Å²) in [6.45, 7) is 3.67. The van der Waals surface area contributed by atoms with Gasteiger partial charge in [0.05, 0.1) is 7.11 Å². The number of rotatable bonds is 5. The Bertz CT molecular complexity index is 752. The highest BCUT2D eigenvalue weighted by atomic mass is 16.5. The molecule has 2 rings (SSSR count). The van der Waals surface area contributed by atoms with Crippen LogP contribution >= 0.6 is 0 Å². The Kier molecular flexibility index (Phi) is 5.62.